The molecule has 100 valence electrons. The number of nitrogens with one attached hydrogen (secondary N) is 1. The molecule has 0 aliphatic carbocycles. The SMILES string of the molecule is CC(C)Oc1ccc(NC(C)c2cccnc2)cc1. The van der Waals surface area contributed by atoms with Crippen LogP contribution in [0.1, 0.15) is 32.4 Å². The third kappa shape index (κ3) is 3.98. The van der Waals surface area contributed by atoms with Crippen molar-refractivity contribution < 1.29 is 4.74 Å². The fourth-order valence-electron chi connectivity index (χ4n) is 1.87. The predicted octanol–water partition coefficient (Wildman–Crippen LogP) is 4.04. The largest absolute Gasteiger partial charge is 0.491 e. The van der Waals surface area contributed by atoms with E-state index >= 15 is 0 Å². The minimum atomic E-state index is 0.202. The van der Waals surface area contributed by atoms with E-state index in [-0.39, 0.29) is 12.1 Å². The fraction of sp³-hybridized carbons (Fsp3) is 0.312. The molecule has 1 N–H and O–H groups in total. The molecule has 0 radical (unpaired) electrons. The molecule has 1 unspecified atom stereocenters. The monoisotopic (exact) mass is 256 g/mol. The molecule has 1 aromatic carbocycles. The minimum absolute atomic E-state index is 0.202. The third-order valence-corrected chi connectivity index (χ3v) is 2.79. The highest BCUT2D eigenvalue weighted by Crippen LogP contribution is 2.21. The molecule has 1 aromatic heterocycles. The highest BCUT2D eigenvalue weighted by Gasteiger charge is 2.05. The molecule has 1 atom stereocenters. The molecule has 0 fully saturated rings. The van der Waals surface area contributed by atoms with E-state index < -0.39 is 0 Å². The van der Waals surface area contributed by atoms with Crippen molar-refractivity contribution in [2.75, 3.05) is 5.32 Å². The van der Waals surface area contributed by atoms with Gasteiger partial charge in [-0.15, -0.1) is 0 Å². The quantitative estimate of drug-likeness (QED) is 0.876. The van der Waals surface area contributed by atoms with E-state index in [1.54, 1.807) is 6.20 Å². The summed E-state index contributed by atoms with van der Waals surface area (Å²) in [6, 6.07) is 12.3. The molecule has 0 bridgehead atoms. The summed E-state index contributed by atoms with van der Waals surface area (Å²) in [6.45, 7) is 6.17. The Morgan fingerprint density at radius 2 is 1.79 bits per heavy atom. The molecule has 19 heavy (non-hydrogen) atoms. The molecule has 0 aliphatic rings. The molecule has 0 spiro atoms. The van der Waals surface area contributed by atoms with Crippen LogP contribution < -0.4 is 10.1 Å². The first-order valence-corrected chi connectivity index (χ1v) is 6.58. The lowest BCUT2D eigenvalue weighted by Crippen LogP contribution is -2.07. The number of rotatable bonds is 5. The van der Waals surface area contributed by atoms with Crippen LogP contribution in [-0.4, -0.2) is 11.1 Å². The van der Waals surface area contributed by atoms with Crippen LogP contribution in [0.15, 0.2) is 48.8 Å². The van der Waals surface area contributed by atoms with Gasteiger partial charge in [0.25, 0.3) is 0 Å². The molecule has 3 heteroatoms. The molecule has 0 aliphatic heterocycles. The number of pyridine rings is 1. The molecule has 0 saturated carbocycles. The number of hydrogen-bond donors (Lipinski definition) is 1. The molecule has 1 heterocycles. The summed E-state index contributed by atoms with van der Waals surface area (Å²) in [5, 5.41) is 3.44. The second-order valence-corrected chi connectivity index (χ2v) is 4.84. The zero-order valence-electron chi connectivity index (χ0n) is 11.6. The Morgan fingerprint density at radius 1 is 1.05 bits per heavy atom. The van der Waals surface area contributed by atoms with Crippen LogP contribution in [-0.2, 0) is 0 Å². The topological polar surface area (TPSA) is 34.1 Å². The van der Waals surface area contributed by atoms with Gasteiger partial charge in [0.15, 0.2) is 0 Å². The first kappa shape index (κ1) is 13.4. The predicted molar refractivity (Wildman–Crippen MR) is 78.5 cm³/mol. The van der Waals surface area contributed by atoms with E-state index in [9.17, 15) is 0 Å². The van der Waals surface area contributed by atoms with E-state index in [1.807, 2.05) is 50.4 Å². The van der Waals surface area contributed by atoms with Gasteiger partial charge < -0.3 is 10.1 Å². The normalized spacial score (nSPS) is 12.2. The number of nitrogens with zero attached hydrogens (tertiary/aromatic N) is 1. The van der Waals surface area contributed by atoms with E-state index in [0.717, 1.165) is 11.4 Å². The highest BCUT2D eigenvalue weighted by atomic mass is 16.5. The van der Waals surface area contributed by atoms with Crippen molar-refractivity contribution in [2.45, 2.75) is 32.9 Å². The van der Waals surface area contributed by atoms with Crippen LogP contribution in [0.4, 0.5) is 5.69 Å². The molecular formula is C16H20N2O. The third-order valence-electron chi connectivity index (χ3n) is 2.79. The van der Waals surface area contributed by atoms with Crippen LogP contribution in [0.25, 0.3) is 0 Å². The van der Waals surface area contributed by atoms with Gasteiger partial charge in [0.05, 0.1) is 12.1 Å². The zero-order chi connectivity index (χ0) is 13.7. The van der Waals surface area contributed by atoms with E-state index in [4.69, 9.17) is 4.74 Å². The summed E-state index contributed by atoms with van der Waals surface area (Å²) in [6.07, 6.45) is 3.87. The Hall–Kier alpha value is -2.03. The van der Waals surface area contributed by atoms with Crippen molar-refractivity contribution in [3.05, 3.63) is 54.4 Å². The van der Waals surface area contributed by atoms with Crippen LogP contribution >= 0.6 is 0 Å². The maximum atomic E-state index is 5.62. The summed E-state index contributed by atoms with van der Waals surface area (Å²) in [5.41, 5.74) is 2.25. The van der Waals surface area contributed by atoms with Gasteiger partial charge in [-0.05, 0) is 56.7 Å². The first-order chi connectivity index (χ1) is 9.15. The summed E-state index contributed by atoms with van der Waals surface area (Å²) >= 11 is 0. The van der Waals surface area contributed by atoms with Gasteiger partial charge in [0, 0.05) is 18.1 Å². The van der Waals surface area contributed by atoms with Crippen molar-refractivity contribution in [1.29, 1.82) is 0 Å². The van der Waals surface area contributed by atoms with Crippen molar-refractivity contribution in [2.24, 2.45) is 0 Å². The summed E-state index contributed by atoms with van der Waals surface area (Å²) < 4.78 is 5.62. The fourth-order valence-corrected chi connectivity index (χ4v) is 1.87. The zero-order valence-corrected chi connectivity index (χ0v) is 11.6. The van der Waals surface area contributed by atoms with Gasteiger partial charge in [-0.2, -0.15) is 0 Å². The van der Waals surface area contributed by atoms with Crippen molar-refractivity contribution >= 4 is 5.69 Å². The Kier molecular flexibility index (Phi) is 4.39. The summed E-state index contributed by atoms with van der Waals surface area (Å²) in [7, 11) is 0. The van der Waals surface area contributed by atoms with Gasteiger partial charge in [-0.3, -0.25) is 4.98 Å². The molecular weight excluding hydrogens is 236 g/mol. The lowest BCUT2D eigenvalue weighted by Gasteiger charge is -2.16. The van der Waals surface area contributed by atoms with Gasteiger partial charge in [0.2, 0.25) is 0 Å². The Morgan fingerprint density at radius 3 is 2.37 bits per heavy atom. The van der Waals surface area contributed by atoms with Gasteiger partial charge in [0.1, 0.15) is 5.75 Å². The van der Waals surface area contributed by atoms with Crippen LogP contribution in [0.5, 0.6) is 5.75 Å². The number of benzene rings is 1. The molecule has 2 aromatic rings. The second-order valence-electron chi connectivity index (χ2n) is 4.84. The van der Waals surface area contributed by atoms with Gasteiger partial charge >= 0.3 is 0 Å². The van der Waals surface area contributed by atoms with Gasteiger partial charge in [-0.25, -0.2) is 0 Å². The highest BCUT2D eigenvalue weighted by molar-refractivity contribution is 5.48. The summed E-state index contributed by atoms with van der Waals surface area (Å²) in [4.78, 5) is 4.13. The molecule has 0 amide bonds. The van der Waals surface area contributed by atoms with Crippen molar-refractivity contribution in [3.63, 3.8) is 0 Å². The Bertz CT molecular complexity index is 494. The van der Waals surface area contributed by atoms with Crippen LogP contribution in [0.2, 0.25) is 0 Å². The van der Waals surface area contributed by atoms with Crippen molar-refractivity contribution in [1.82, 2.24) is 4.98 Å². The minimum Gasteiger partial charge on any atom is -0.491 e. The number of ether oxygens (including phenoxy) is 1. The molecule has 2 rings (SSSR count). The maximum absolute atomic E-state index is 5.62. The lowest BCUT2D eigenvalue weighted by atomic mass is 10.1. The average Bonchev–Trinajstić information content (AvgIpc) is 2.41. The van der Waals surface area contributed by atoms with E-state index in [2.05, 4.69) is 23.3 Å². The number of aromatic nitrogens is 1. The number of hydrogen-bond acceptors (Lipinski definition) is 3. The standard InChI is InChI=1S/C16H20N2O/c1-12(2)19-16-8-6-15(7-9-16)18-13(3)14-5-4-10-17-11-14/h4-13,18H,1-3H3. The lowest BCUT2D eigenvalue weighted by molar-refractivity contribution is 0.242. The molecule has 0 saturated heterocycles. The second kappa shape index (κ2) is 6.23. The van der Waals surface area contributed by atoms with E-state index in [0.29, 0.717) is 0 Å². The maximum Gasteiger partial charge on any atom is 0.119 e. The first-order valence-electron chi connectivity index (χ1n) is 6.58. The summed E-state index contributed by atoms with van der Waals surface area (Å²) in [5.74, 6) is 0.898. The van der Waals surface area contributed by atoms with E-state index in [1.165, 1.54) is 5.56 Å². The van der Waals surface area contributed by atoms with Crippen molar-refractivity contribution in [3.8, 4) is 5.75 Å². The Labute approximate surface area is 114 Å². The smallest absolute Gasteiger partial charge is 0.119 e. The van der Waals surface area contributed by atoms with Gasteiger partial charge in [-0.1, -0.05) is 6.07 Å². The number of anilines is 1. The Balaban J connectivity index is 1.99. The van der Waals surface area contributed by atoms with Crippen LogP contribution in [0, 0.1) is 0 Å². The average molecular weight is 256 g/mol. The molecule has 3 nitrogen and oxygen atoms in total. The van der Waals surface area contributed by atoms with Crippen LogP contribution in [0.3, 0.4) is 0 Å².